The summed E-state index contributed by atoms with van der Waals surface area (Å²) in [4.78, 5) is 34.7. The molecule has 1 aromatic heterocycles. The summed E-state index contributed by atoms with van der Waals surface area (Å²) >= 11 is 13.9. The standard InChI is InChI=1S/C28H27Cl2N3O3S/c1-15-32-25(26(37-15)17-8-9-21(29)22(30)13-17)28(35)33-18(12-16-4-2-6-23(16)33)14-31-27(34)20-5-3-7-24-19(20)10-11-36-24/h3,5,7-9,13,16,18,23H,2,4,6,10-12,14H2,1H3,(H,31,34)/t16-,18-,23-/m0/s1. The number of carbonyl (C=O) groups is 2. The van der Waals surface area contributed by atoms with E-state index in [9.17, 15) is 9.59 Å². The summed E-state index contributed by atoms with van der Waals surface area (Å²) in [5.74, 6) is 1.04. The number of aromatic nitrogens is 1. The van der Waals surface area contributed by atoms with Crippen molar-refractivity contribution in [1.29, 1.82) is 0 Å². The normalized spacial score (nSPS) is 22.0. The Hall–Kier alpha value is -2.61. The van der Waals surface area contributed by atoms with Crippen LogP contribution in [0.2, 0.25) is 10.0 Å². The van der Waals surface area contributed by atoms with Gasteiger partial charge in [-0.2, -0.15) is 0 Å². The second-order valence-corrected chi connectivity index (χ2v) is 12.0. The minimum atomic E-state index is -0.118. The fraction of sp³-hybridized carbons (Fsp3) is 0.393. The van der Waals surface area contributed by atoms with E-state index in [2.05, 4.69) is 10.3 Å². The van der Waals surface area contributed by atoms with E-state index in [-0.39, 0.29) is 23.9 Å². The number of rotatable bonds is 5. The number of aryl methyl sites for hydroxylation is 1. The zero-order valence-electron chi connectivity index (χ0n) is 20.4. The lowest BCUT2D eigenvalue weighted by Crippen LogP contribution is -2.46. The molecule has 2 aliphatic heterocycles. The highest BCUT2D eigenvalue weighted by molar-refractivity contribution is 7.15. The largest absolute Gasteiger partial charge is 0.493 e. The summed E-state index contributed by atoms with van der Waals surface area (Å²) in [6.07, 6.45) is 4.83. The molecule has 0 spiro atoms. The van der Waals surface area contributed by atoms with Crippen LogP contribution in [0.1, 0.15) is 57.1 Å². The zero-order chi connectivity index (χ0) is 25.7. The number of amides is 2. The molecule has 2 fully saturated rings. The maximum atomic E-state index is 14.1. The Morgan fingerprint density at radius 1 is 1.19 bits per heavy atom. The van der Waals surface area contributed by atoms with Crippen LogP contribution in [-0.4, -0.2) is 46.9 Å². The Morgan fingerprint density at radius 2 is 2.05 bits per heavy atom. The predicted octanol–water partition coefficient (Wildman–Crippen LogP) is 6.17. The molecule has 0 unspecified atom stereocenters. The number of hydrogen-bond donors (Lipinski definition) is 1. The molecule has 2 aromatic carbocycles. The molecule has 3 atom stereocenters. The van der Waals surface area contributed by atoms with Crippen molar-refractivity contribution in [2.45, 2.75) is 51.1 Å². The van der Waals surface area contributed by atoms with E-state index in [0.29, 0.717) is 40.4 Å². The lowest BCUT2D eigenvalue weighted by atomic mass is 10.0. The van der Waals surface area contributed by atoms with Crippen molar-refractivity contribution in [1.82, 2.24) is 15.2 Å². The Kier molecular flexibility index (Phi) is 6.63. The van der Waals surface area contributed by atoms with Gasteiger partial charge in [0, 0.05) is 30.1 Å². The highest BCUT2D eigenvalue weighted by Crippen LogP contribution is 2.43. The van der Waals surface area contributed by atoms with Crippen LogP contribution in [0.5, 0.6) is 5.75 Å². The van der Waals surface area contributed by atoms with Crippen molar-refractivity contribution in [3.63, 3.8) is 0 Å². The lowest BCUT2D eigenvalue weighted by Gasteiger charge is -2.30. The maximum Gasteiger partial charge on any atom is 0.274 e. The fourth-order valence-electron chi connectivity index (χ4n) is 6.16. The van der Waals surface area contributed by atoms with Gasteiger partial charge in [-0.25, -0.2) is 4.98 Å². The quantitative estimate of drug-likeness (QED) is 0.408. The summed E-state index contributed by atoms with van der Waals surface area (Å²) in [6.45, 7) is 2.92. The Balaban J connectivity index is 1.26. The van der Waals surface area contributed by atoms with Crippen LogP contribution in [0, 0.1) is 12.8 Å². The molecule has 1 aliphatic carbocycles. The number of hydrogen-bond acceptors (Lipinski definition) is 5. The van der Waals surface area contributed by atoms with Gasteiger partial charge in [-0.05, 0) is 61.9 Å². The smallest absolute Gasteiger partial charge is 0.274 e. The molecule has 0 bridgehead atoms. The van der Waals surface area contributed by atoms with Crippen LogP contribution in [0.15, 0.2) is 36.4 Å². The summed E-state index contributed by atoms with van der Waals surface area (Å²) < 4.78 is 5.62. The third-order valence-corrected chi connectivity index (χ3v) is 9.54. The van der Waals surface area contributed by atoms with E-state index in [1.54, 1.807) is 12.1 Å². The third-order valence-electron chi connectivity index (χ3n) is 7.78. The van der Waals surface area contributed by atoms with Gasteiger partial charge < -0.3 is 15.0 Å². The Morgan fingerprint density at radius 3 is 2.89 bits per heavy atom. The van der Waals surface area contributed by atoms with Crippen molar-refractivity contribution in [2.75, 3.05) is 13.2 Å². The number of nitrogens with one attached hydrogen (secondary N) is 1. The average molecular weight is 557 g/mol. The molecule has 1 saturated heterocycles. The van der Waals surface area contributed by atoms with Crippen LogP contribution < -0.4 is 10.1 Å². The van der Waals surface area contributed by atoms with Crippen LogP contribution >= 0.6 is 34.5 Å². The van der Waals surface area contributed by atoms with Gasteiger partial charge in [0.1, 0.15) is 11.4 Å². The summed E-state index contributed by atoms with van der Waals surface area (Å²) in [5.41, 5.74) is 2.89. The minimum absolute atomic E-state index is 0.0759. The highest BCUT2D eigenvalue weighted by Gasteiger charge is 2.47. The average Bonchev–Trinajstić information content (AvgIpc) is 3.67. The zero-order valence-corrected chi connectivity index (χ0v) is 22.8. The molecular weight excluding hydrogens is 529 g/mol. The van der Waals surface area contributed by atoms with Crippen molar-refractivity contribution in [3.05, 3.63) is 68.3 Å². The molecule has 1 saturated carbocycles. The summed E-state index contributed by atoms with van der Waals surface area (Å²) in [5, 5.41) is 4.85. The number of nitrogens with zero attached hydrogens (tertiary/aromatic N) is 2. The van der Waals surface area contributed by atoms with Gasteiger partial charge in [-0.1, -0.05) is 41.8 Å². The van der Waals surface area contributed by atoms with Crippen molar-refractivity contribution < 1.29 is 14.3 Å². The van der Waals surface area contributed by atoms with Crippen molar-refractivity contribution in [2.24, 2.45) is 5.92 Å². The van der Waals surface area contributed by atoms with E-state index < -0.39 is 0 Å². The monoisotopic (exact) mass is 555 g/mol. The molecule has 1 N–H and O–H groups in total. The van der Waals surface area contributed by atoms with E-state index in [1.165, 1.54) is 11.3 Å². The van der Waals surface area contributed by atoms with Crippen molar-refractivity contribution >= 4 is 46.4 Å². The molecule has 0 radical (unpaired) electrons. The van der Waals surface area contributed by atoms with Gasteiger partial charge >= 0.3 is 0 Å². The van der Waals surface area contributed by atoms with Crippen LogP contribution in [0.4, 0.5) is 0 Å². The van der Waals surface area contributed by atoms with Crippen molar-refractivity contribution in [3.8, 4) is 16.2 Å². The molecule has 9 heteroatoms. The topological polar surface area (TPSA) is 71.5 Å². The van der Waals surface area contributed by atoms with E-state index in [4.69, 9.17) is 27.9 Å². The number of likely N-dealkylation sites (tertiary alicyclic amines) is 1. The highest BCUT2D eigenvalue weighted by atomic mass is 35.5. The predicted molar refractivity (Wildman–Crippen MR) is 146 cm³/mol. The molecule has 192 valence electrons. The van der Waals surface area contributed by atoms with Crippen LogP contribution in [-0.2, 0) is 6.42 Å². The van der Waals surface area contributed by atoms with Gasteiger partial charge in [0.15, 0.2) is 0 Å². The summed E-state index contributed by atoms with van der Waals surface area (Å²) in [6, 6.07) is 11.1. The molecule has 3 aliphatic rings. The van der Waals surface area contributed by atoms with Gasteiger partial charge in [0.2, 0.25) is 0 Å². The second-order valence-electron chi connectivity index (χ2n) is 9.99. The molecule has 6 rings (SSSR count). The van der Waals surface area contributed by atoms with Gasteiger partial charge in [0.25, 0.3) is 11.8 Å². The first-order chi connectivity index (χ1) is 17.9. The first-order valence-corrected chi connectivity index (χ1v) is 14.3. The maximum absolute atomic E-state index is 14.1. The molecule has 6 nitrogen and oxygen atoms in total. The van der Waals surface area contributed by atoms with Crippen LogP contribution in [0.25, 0.3) is 10.4 Å². The van der Waals surface area contributed by atoms with E-state index >= 15 is 0 Å². The number of benzene rings is 2. The molecule has 37 heavy (non-hydrogen) atoms. The number of fused-ring (bicyclic) bond motifs is 2. The SMILES string of the molecule is Cc1nc(C(=O)N2[C@H](CNC(=O)c3cccc4c3CCO4)C[C@@H]3CCC[C@@H]32)c(-c2ccc(Cl)c(Cl)c2)s1. The molecular formula is C28H27Cl2N3O3S. The lowest BCUT2D eigenvalue weighted by molar-refractivity contribution is 0.0645. The summed E-state index contributed by atoms with van der Waals surface area (Å²) in [7, 11) is 0. The number of thiazole rings is 1. The minimum Gasteiger partial charge on any atom is -0.493 e. The Labute approximate surface area is 229 Å². The Bertz CT molecular complexity index is 1390. The molecule has 3 aromatic rings. The van der Waals surface area contributed by atoms with Crippen LogP contribution in [0.3, 0.4) is 0 Å². The molecule has 3 heterocycles. The first kappa shape index (κ1) is 24.7. The van der Waals surface area contributed by atoms with Gasteiger partial charge in [-0.15, -0.1) is 11.3 Å². The van der Waals surface area contributed by atoms with E-state index in [1.807, 2.05) is 36.1 Å². The van der Waals surface area contributed by atoms with Gasteiger partial charge in [0.05, 0.1) is 32.6 Å². The number of halogens is 2. The molecule has 2 amide bonds. The van der Waals surface area contributed by atoms with E-state index in [0.717, 1.165) is 58.9 Å². The second kappa shape index (κ2) is 9.93. The number of carbonyl (C=O) groups excluding carboxylic acids is 2. The first-order valence-electron chi connectivity index (χ1n) is 12.7. The van der Waals surface area contributed by atoms with Gasteiger partial charge in [-0.3, -0.25) is 9.59 Å². The third kappa shape index (κ3) is 4.51. The fourth-order valence-corrected chi connectivity index (χ4v) is 7.36. The number of ether oxygens (including phenoxy) is 1.